The lowest BCUT2D eigenvalue weighted by molar-refractivity contribution is 0.0667. The normalized spacial score (nSPS) is 13.7. The molecule has 0 radical (unpaired) electrons. The molecule has 23 heavy (non-hydrogen) atoms. The number of benzene rings is 1. The van der Waals surface area contributed by atoms with Crippen LogP contribution in [0.15, 0.2) is 12.1 Å². The van der Waals surface area contributed by atoms with E-state index in [4.69, 9.17) is 29.7 Å². The van der Waals surface area contributed by atoms with Crippen LogP contribution in [0.2, 0.25) is 0 Å². The molecule has 0 amide bonds. The Morgan fingerprint density at radius 2 is 1.96 bits per heavy atom. The molecule has 1 aromatic heterocycles. The minimum Gasteiger partial charge on any atom is -0.486 e. The van der Waals surface area contributed by atoms with E-state index in [0.29, 0.717) is 39.6 Å². The van der Waals surface area contributed by atoms with Crippen molar-refractivity contribution in [2.24, 2.45) is 5.73 Å². The topological polar surface area (TPSA) is 80.8 Å². The largest absolute Gasteiger partial charge is 0.486 e. The first-order chi connectivity index (χ1) is 11.3. The van der Waals surface area contributed by atoms with Crippen LogP contribution in [0.3, 0.4) is 0 Å². The third-order valence-corrected chi connectivity index (χ3v) is 3.75. The van der Waals surface area contributed by atoms with Gasteiger partial charge in [-0.15, -0.1) is 0 Å². The van der Waals surface area contributed by atoms with Gasteiger partial charge in [0.1, 0.15) is 19.0 Å². The average molecular weight is 321 g/mol. The molecular weight excluding hydrogens is 298 g/mol. The fourth-order valence-electron chi connectivity index (χ4n) is 2.68. The van der Waals surface area contributed by atoms with E-state index in [1.165, 1.54) is 0 Å². The SMILES string of the molecule is COCCOCCn1c(CCN)nc2cc3c(cc21)OCCO3. The molecule has 0 saturated heterocycles. The molecule has 0 atom stereocenters. The number of hydrogen-bond donors (Lipinski definition) is 1. The zero-order valence-electron chi connectivity index (χ0n) is 13.4. The number of ether oxygens (including phenoxy) is 4. The Morgan fingerprint density at radius 3 is 2.70 bits per heavy atom. The highest BCUT2D eigenvalue weighted by atomic mass is 16.6. The standard InChI is InChI=1S/C16H23N3O4/c1-20-6-7-21-5-4-19-13-11-15-14(22-8-9-23-15)10-12(13)18-16(19)2-3-17/h10-11H,2-9,17H2,1H3. The second-order valence-electron chi connectivity index (χ2n) is 5.31. The number of nitrogens with two attached hydrogens (primary N) is 1. The number of methoxy groups -OCH3 is 1. The van der Waals surface area contributed by atoms with E-state index in [9.17, 15) is 0 Å². The Hall–Kier alpha value is -1.83. The summed E-state index contributed by atoms with van der Waals surface area (Å²) in [5.74, 6) is 2.48. The maximum absolute atomic E-state index is 5.72. The molecule has 126 valence electrons. The van der Waals surface area contributed by atoms with Crippen molar-refractivity contribution in [1.82, 2.24) is 9.55 Å². The quantitative estimate of drug-likeness (QED) is 0.730. The van der Waals surface area contributed by atoms with Gasteiger partial charge in [-0.05, 0) is 6.54 Å². The fraction of sp³-hybridized carbons (Fsp3) is 0.562. The van der Waals surface area contributed by atoms with Crippen molar-refractivity contribution in [3.05, 3.63) is 18.0 Å². The van der Waals surface area contributed by atoms with Gasteiger partial charge >= 0.3 is 0 Å². The first kappa shape index (κ1) is 16.0. The Kier molecular flexibility index (Phi) is 5.32. The lowest BCUT2D eigenvalue weighted by atomic mass is 10.2. The van der Waals surface area contributed by atoms with Crippen LogP contribution in [0.25, 0.3) is 11.0 Å². The number of aromatic nitrogens is 2. The van der Waals surface area contributed by atoms with Gasteiger partial charge in [0.05, 0.1) is 30.9 Å². The first-order valence-electron chi connectivity index (χ1n) is 7.89. The zero-order valence-corrected chi connectivity index (χ0v) is 13.4. The number of imidazole rings is 1. The van der Waals surface area contributed by atoms with Crippen LogP contribution in [0, 0.1) is 0 Å². The molecule has 2 heterocycles. The van der Waals surface area contributed by atoms with E-state index in [1.54, 1.807) is 7.11 Å². The molecule has 0 aliphatic carbocycles. The van der Waals surface area contributed by atoms with Gasteiger partial charge in [-0.25, -0.2) is 4.98 Å². The molecule has 0 fully saturated rings. The Morgan fingerprint density at radius 1 is 1.17 bits per heavy atom. The van der Waals surface area contributed by atoms with Crippen molar-refractivity contribution >= 4 is 11.0 Å². The monoisotopic (exact) mass is 321 g/mol. The fourth-order valence-corrected chi connectivity index (χ4v) is 2.68. The highest BCUT2D eigenvalue weighted by Crippen LogP contribution is 2.34. The summed E-state index contributed by atoms with van der Waals surface area (Å²) < 4.78 is 24.0. The van der Waals surface area contributed by atoms with Crippen LogP contribution < -0.4 is 15.2 Å². The summed E-state index contributed by atoms with van der Waals surface area (Å²) in [7, 11) is 1.66. The lowest BCUT2D eigenvalue weighted by Crippen LogP contribution is -2.16. The van der Waals surface area contributed by atoms with E-state index in [2.05, 4.69) is 4.57 Å². The van der Waals surface area contributed by atoms with Crippen molar-refractivity contribution < 1.29 is 18.9 Å². The van der Waals surface area contributed by atoms with Crippen LogP contribution >= 0.6 is 0 Å². The van der Waals surface area contributed by atoms with E-state index in [1.807, 2.05) is 12.1 Å². The molecule has 1 aliphatic rings. The van der Waals surface area contributed by atoms with Crippen LogP contribution in [0.4, 0.5) is 0 Å². The summed E-state index contributed by atoms with van der Waals surface area (Å²) in [6.07, 6.45) is 0.721. The lowest BCUT2D eigenvalue weighted by Gasteiger charge is -2.18. The molecule has 0 spiro atoms. The molecular formula is C16H23N3O4. The molecule has 2 N–H and O–H groups in total. The smallest absolute Gasteiger partial charge is 0.163 e. The maximum atomic E-state index is 5.72. The summed E-state index contributed by atoms with van der Waals surface area (Å²) in [5, 5.41) is 0. The summed E-state index contributed by atoms with van der Waals surface area (Å²) in [5.41, 5.74) is 7.64. The number of nitrogens with zero attached hydrogens (tertiary/aromatic N) is 2. The highest BCUT2D eigenvalue weighted by molar-refractivity contribution is 5.80. The van der Waals surface area contributed by atoms with Crippen molar-refractivity contribution in [3.63, 3.8) is 0 Å². The third kappa shape index (κ3) is 3.57. The van der Waals surface area contributed by atoms with Gasteiger partial charge in [-0.3, -0.25) is 0 Å². The minimum atomic E-state index is 0.556. The molecule has 1 aromatic carbocycles. The summed E-state index contributed by atoms with van der Waals surface area (Å²) >= 11 is 0. The van der Waals surface area contributed by atoms with Crippen LogP contribution in [-0.4, -0.2) is 56.2 Å². The van der Waals surface area contributed by atoms with E-state index >= 15 is 0 Å². The molecule has 0 saturated carbocycles. The van der Waals surface area contributed by atoms with Crippen LogP contribution in [0.1, 0.15) is 5.82 Å². The van der Waals surface area contributed by atoms with Crippen molar-refractivity contribution in [2.75, 3.05) is 46.7 Å². The molecule has 7 nitrogen and oxygen atoms in total. The Bertz CT molecular complexity index is 656. The number of hydrogen-bond acceptors (Lipinski definition) is 6. The van der Waals surface area contributed by atoms with Gasteiger partial charge in [0, 0.05) is 32.2 Å². The van der Waals surface area contributed by atoms with Gasteiger partial charge in [0.25, 0.3) is 0 Å². The van der Waals surface area contributed by atoms with Gasteiger partial charge in [-0.2, -0.15) is 0 Å². The number of rotatable bonds is 8. The minimum absolute atomic E-state index is 0.556. The van der Waals surface area contributed by atoms with Gasteiger partial charge in [0.15, 0.2) is 11.5 Å². The summed E-state index contributed by atoms with van der Waals surface area (Å²) in [6, 6.07) is 3.93. The van der Waals surface area contributed by atoms with Crippen molar-refractivity contribution in [2.45, 2.75) is 13.0 Å². The first-order valence-corrected chi connectivity index (χ1v) is 7.89. The van der Waals surface area contributed by atoms with E-state index in [-0.39, 0.29) is 0 Å². The maximum Gasteiger partial charge on any atom is 0.163 e. The third-order valence-electron chi connectivity index (χ3n) is 3.75. The summed E-state index contributed by atoms with van der Waals surface area (Å²) in [6.45, 7) is 4.20. The number of fused-ring (bicyclic) bond motifs is 2. The van der Waals surface area contributed by atoms with Gasteiger partial charge in [0.2, 0.25) is 0 Å². The van der Waals surface area contributed by atoms with Gasteiger partial charge in [-0.1, -0.05) is 0 Å². The predicted molar refractivity (Wildman–Crippen MR) is 86.2 cm³/mol. The Balaban J connectivity index is 1.85. The second kappa shape index (κ2) is 7.63. The van der Waals surface area contributed by atoms with Crippen molar-refractivity contribution in [1.29, 1.82) is 0 Å². The van der Waals surface area contributed by atoms with E-state index in [0.717, 1.165) is 41.3 Å². The highest BCUT2D eigenvalue weighted by Gasteiger charge is 2.17. The molecule has 0 unspecified atom stereocenters. The predicted octanol–water partition coefficient (Wildman–Crippen LogP) is 0.972. The van der Waals surface area contributed by atoms with Crippen molar-refractivity contribution in [3.8, 4) is 11.5 Å². The Labute approximate surface area is 135 Å². The van der Waals surface area contributed by atoms with Crippen LogP contribution in [-0.2, 0) is 22.4 Å². The zero-order chi connectivity index (χ0) is 16.1. The molecule has 1 aliphatic heterocycles. The molecule has 3 rings (SSSR count). The second-order valence-corrected chi connectivity index (χ2v) is 5.31. The molecule has 7 heteroatoms. The van der Waals surface area contributed by atoms with E-state index < -0.39 is 0 Å². The summed E-state index contributed by atoms with van der Waals surface area (Å²) in [4.78, 5) is 4.69. The molecule has 0 bridgehead atoms. The van der Waals surface area contributed by atoms with Gasteiger partial charge < -0.3 is 29.2 Å². The molecule has 2 aromatic rings. The average Bonchev–Trinajstić information content (AvgIpc) is 2.89. The van der Waals surface area contributed by atoms with Crippen LogP contribution in [0.5, 0.6) is 11.5 Å².